The lowest BCUT2D eigenvalue weighted by Crippen LogP contribution is -2.47. The van der Waals surface area contributed by atoms with Crippen molar-refractivity contribution in [3.63, 3.8) is 0 Å². The van der Waals surface area contributed by atoms with Gasteiger partial charge in [-0.3, -0.25) is 4.79 Å². The van der Waals surface area contributed by atoms with Gasteiger partial charge in [-0.15, -0.1) is 0 Å². The molecule has 0 saturated carbocycles. The first kappa shape index (κ1) is 21.7. The van der Waals surface area contributed by atoms with Gasteiger partial charge in [-0.2, -0.15) is 17.0 Å². The first-order valence-electron chi connectivity index (χ1n) is 9.33. The molecule has 8 heteroatoms. The molecule has 0 aliphatic carbocycles. The Morgan fingerprint density at radius 3 is 2.44 bits per heavy atom. The minimum atomic E-state index is -3.41. The molecular formula is C19H31N3O4S. The smallest absolute Gasteiger partial charge is 0.281 e. The average molecular weight is 398 g/mol. The van der Waals surface area contributed by atoms with Gasteiger partial charge in [-0.05, 0) is 43.4 Å². The molecule has 1 N–H and O–H groups in total. The van der Waals surface area contributed by atoms with Gasteiger partial charge in [0.05, 0.1) is 13.2 Å². The van der Waals surface area contributed by atoms with Crippen molar-refractivity contribution in [1.82, 2.24) is 13.9 Å². The van der Waals surface area contributed by atoms with E-state index in [0.717, 1.165) is 23.3 Å². The molecule has 27 heavy (non-hydrogen) atoms. The van der Waals surface area contributed by atoms with Gasteiger partial charge in [0.15, 0.2) is 0 Å². The van der Waals surface area contributed by atoms with Gasteiger partial charge in [0, 0.05) is 33.1 Å². The van der Waals surface area contributed by atoms with Gasteiger partial charge in [0.2, 0.25) is 5.91 Å². The van der Waals surface area contributed by atoms with Crippen LogP contribution < -0.4 is 10.1 Å². The van der Waals surface area contributed by atoms with Crippen molar-refractivity contribution in [2.45, 2.75) is 39.2 Å². The zero-order valence-corrected chi connectivity index (χ0v) is 17.7. The van der Waals surface area contributed by atoms with Crippen molar-refractivity contribution in [2.24, 2.45) is 5.92 Å². The molecule has 1 aromatic rings. The van der Waals surface area contributed by atoms with Crippen LogP contribution in [0.2, 0.25) is 0 Å². The third-order valence-electron chi connectivity index (χ3n) is 5.16. The van der Waals surface area contributed by atoms with Gasteiger partial charge < -0.3 is 10.1 Å². The highest BCUT2D eigenvalue weighted by molar-refractivity contribution is 7.86. The van der Waals surface area contributed by atoms with Gasteiger partial charge in [0.25, 0.3) is 10.2 Å². The third-order valence-corrected chi connectivity index (χ3v) is 7.10. The Labute approximate surface area is 162 Å². The van der Waals surface area contributed by atoms with Crippen LogP contribution in [0, 0.1) is 12.8 Å². The standard InChI is InChI=1S/C19H31N3O4S/c1-6-17(16-7-8-18(26-5)14(2)13-16)20-19(23)15-9-11-22(12-10-15)27(24,25)21(3)4/h7-8,13,15,17H,6,9-12H2,1-5H3,(H,20,23)/t17-/m1/s1. The Balaban J connectivity index is 1.99. The lowest BCUT2D eigenvalue weighted by molar-refractivity contribution is -0.126. The van der Waals surface area contributed by atoms with Crippen LogP contribution in [-0.2, 0) is 15.0 Å². The molecule has 0 aromatic heterocycles. The molecule has 1 aliphatic rings. The molecule has 1 heterocycles. The summed E-state index contributed by atoms with van der Waals surface area (Å²) in [6, 6.07) is 5.88. The van der Waals surface area contributed by atoms with E-state index >= 15 is 0 Å². The van der Waals surface area contributed by atoms with Crippen LogP contribution >= 0.6 is 0 Å². The maximum atomic E-state index is 12.7. The number of methoxy groups -OCH3 is 1. The number of carbonyl (C=O) groups excluding carboxylic acids is 1. The number of ether oxygens (including phenoxy) is 1. The molecule has 1 amide bonds. The summed E-state index contributed by atoms with van der Waals surface area (Å²) < 4.78 is 32.4. The molecule has 0 spiro atoms. The van der Waals surface area contributed by atoms with E-state index in [9.17, 15) is 13.2 Å². The van der Waals surface area contributed by atoms with Gasteiger partial charge in [0.1, 0.15) is 5.75 Å². The number of nitrogens with zero attached hydrogens (tertiary/aromatic N) is 2. The second-order valence-corrected chi connectivity index (χ2v) is 9.30. The Morgan fingerprint density at radius 1 is 1.33 bits per heavy atom. The number of carbonyl (C=O) groups is 1. The highest BCUT2D eigenvalue weighted by Crippen LogP contribution is 2.26. The van der Waals surface area contributed by atoms with E-state index in [4.69, 9.17) is 4.74 Å². The van der Waals surface area contributed by atoms with Gasteiger partial charge >= 0.3 is 0 Å². The van der Waals surface area contributed by atoms with Crippen LogP contribution in [0.25, 0.3) is 0 Å². The maximum Gasteiger partial charge on any atom is 0.281 e. The number of nitrogens with one attached hydrogen (secondary N) is 1. The van der Waals surface area contributed by atoms with Gasteiger partial charge in [-0.1, -0.05) is 19.1 Å². The number of hydrogen-bond donors (Lipinski definition) is 1. The van der Waals surface area contributed by atoms with Crippen molar-refractivity contribution in [2.75, 3.05) is 34.3 Å². The highest BCUT2D eigenvalue weighted by Gasteiger charge is 2.32. The number of benzene rings is 1. The molecule has 1 aliphatic heterocycles. The molecule has 1 atom stereocenters. The lowest BCUT2D eigenvalue weighted by Gasteiger charge is -2.32. The SMILES string of the molecule is CC[C@@H](NC(=O)C1CCN(S(=O)(=O)N(C)C)CC1)c1ccc(OC)c(C)c1. The summed E-state index contributed by atoms with van der Waals surface area (Å²) in [5.74, 6) is 0.665. The average Bonchev–Trinajstić information content (AvgIpc) is 2.65. The number of amides is 1. The summed E-state index contributed by atoms with van der Waals surface area (Å²) in [7, 11) is 1.28. The van der Waals surface area contributed by atoms with Crippen LogP contribution in [0.4, 0.5) is 0 Å². The zero-order chi connectivity index (χ0) is 20.2. The first-order chi connectivity index (χ1) is 12.7. The highest BCUT2D eigenvalue weighted by atomic mass is 32.2. The first-order valence-corrected chi connectivity index (χ1v) is 10.7. The Morgan fingerprint density at radius 2 is 1.96 bits per heavy atom. The van der Waals surface area contributed by atoms with E-state index in [2.05, 4.69) is 5.32 Å². The minimum Gasteiger partial charge on any atom is -0.496 e. The van der Waals surface area contributed by atoms with E-state index in [1.807, 2.05) is 32.0 Å². The molecule has 1 saturated heterocycles. The van der Waals surface area contributed by atoms with Crippen LogP contribution in [0.15, 0.2) is 18.2 Å². The monoisotopic (exact) mass is 397 g/mol. The van der Waals surface area contributed by atoms with Crippen LogP contribution in [0.1, 0.15) is 43.4 Å². The van der Waals surface area contributed by atoms with E-state index in [1.54, 1.807) is 7.11 Å². The predicted octanol–water partition coefficient (Wildman–Crippen LogP) is 2.09. The zero-order valence-electron chi connectivity index (χ0n) is 16.9. The Hall–Kier alpha value is -1.64. The predicted molar refractivity (Wildman–Crippen MR) is 106 cm³/mol. The minimum absolute atomic E-state index is 0.00257. The third kappa shape index (κ3) is 5.00. The quantitative estimate of drug-likeness (QED) is 0.764. The second-order valence-electron chi connectivity index (χ2n) is 7.16. The fraction of sp³-hybridized carbons (Fsp3) is 0.632. The second kappa shape index (κ2) is 9.03. The molecule has 7 nitrogen and oxygen atoms in total. The summed E-state index contributed by atoms with van der Waals surface area (Å²) in [5, 5.41) is 3.14. The summed E-state index contributed by atoms with van der Waals surface area (Å²) in [6.07, 6.45) is 1.86. The molecule has 0 unspecified atom stereocenters. The Kier molecular flexibility index (Phi) is 7.25. The van der Waals surface area contributed by atoms with E-state index < -0.39 is 10.2 Å². The van der Waals surface area contributed by atoms with E-state index in [-0.39, 0.29) is 17.9 Å². The number of aryl methyl sites for hydroxylation is 1. The molecule has 2 rings (SSSR count). The number of piperidine rings is 1. The topological polar surface area (TPSA) is 79.0 Å². The summed E-state index contributed by atoms with van der Waals surface area (Å²) >= 11 is 0. The van der Waals surface area contributed by atoms with Crippen LogP contribution in [0.3, 0.4) is 0 Å². The molecule has 1 aromatic carbocycles. The van der Waals surface area contributed by atoms with Crippen molar-refractivity contribution in [1.29, 1.82) is 0 Å². The largest absolute Gasteiger partial charge is 0.496 e. The molecule has 152 valence electrons. The van der Waals surface area contributed by atoms with Crippen molar-refractivity contribution >= 4 is 16.1 Å². The molecule has 1 fully saturated rings. The molecular weight excluding hydrogens is 366 g/mol. The van der Waals surface area contributed by atoms with Crippen molar-refractivity contribution < 1.29 is 17.9 Å². The molecule has 0 radical (unpaired) electrons. The summed E-state index contributed by atoms with van der Waals surface area (Å²) in [6.45, 7) is 4.77. The van der Waals surface area contributed by atoms with Crippen LogP contribution in [-0.4, -0.2) is 57.2 Å². The van der Waals surface area contributed by atoms with E-state index in [1.165, 1.54) is 22.7 Å². The Bertz CT molecular complexity index is 756. The van der Waals surface area contributed by atoms with Crippen molar-refractivity contribution in [3.8, 4) is 5.75 Å². The normalized spacial score (nSPS) is 17.7. The van der Waals surface area contributed by atoms with Crippen molar-refractivity contribution in [3.05, 3.63) is 29.3 Å². The number of hydrogen-bond acceptors (Lipinski definition) is 4. The van der Waals surface area contributed by atoms with Crippen LogP contribution in [0.5, 0.6) is 5.75 Å². The van der Waals surface area contributed by atoms with Gasteiger partial charge in [-0.25, -0.2) is 0 Å². The summed E-state index contributed by atoms with van der Waals surface area (Å²) in [5.41, 5.74) is 2.08. The van der Waals surface area contributed by atoms with E-state index in [0.29, 0.717) is 25.9 Å². The summed E-state index contributed by atoms with van der Waals surface area (Å²) in [4.78, 5) is 12.7. The molecule has 0 bridgehead atoms. The number of rotatable bonds is 7. The fourth-order valence-electron chi connectivity index (χ4n) is 3.41. The fourth-order valence-corrected chi connectivity index (χ4v) is 4.54. The lowest BCUT2D eigenvalue weighted by atomic mass is 9.95. The maximum absolute atomic E-state index is 12.7.